The van der Waals surface area contributed by atoms with E-state index in [0.717, 1.165) is 44.2 Å². The maximum Gasteiger partial charge on any atom is 0.160 e. The maximum absolute atomic E-state index is 6.82. The van der Waals surface area contributed by atoms with Crippen LogP contribution in [0.1, 0.15) is 0 Å². The molecule has 0 aliphatic heterocycles. The van der Waals surface area contributed by atoms with Crippen molar-refractivity contribution in [2.24, 2.45) is 0 Å². The summed E-state index contributed by atoms with van der Waals surface area (Å²) < 4.78 is 11.7. The minimum absolute atomic E-state index is 0.885. The first-order chi connectivity index (χ1) is 28.3. The van der Waals surface area contributed by atoms with Gasteiger partial charge in [0.2, 0.25) is 0 Å². The Balaban J connectivity index is 1.08. The smallest absolute Gasteiger partial charge is 0.160 e. The van der Waals surface area contributed by atoms with Gasteiger partial charge in [-0.25, -0.2) is 0 Å². The number of benzene rings is 9. The molecule has 3 nitrogen and oxygen atoms in total. The first-order valence-electron chi connectivity index (χ1n) is 19.5. The molecule has 266 valence electrons. The topological polar surface area (TPSA) is 23.0 Å². The van der Waals surface area contributed by atoms with Crippen molar-refractivity contribution in [1.29, 1.82) is 0 Å². The van der Waals surface area contributed by atoms with Crippen LogP contribution in [0.5, 0.6) is 0 Å². The second kappa shape index (κ2) is 12.5. The molecule has 3 heterocycles. The van der Waals surface area contributed by atoms with E-state index in [1.165, 1.54) is 66.1 Å². The van der Waals surface area contributed by atoms with E-state index in [9.17, 15) is 0 Å². The zero-order valence-corrected chi connectivity index (χ0v) is 30.9. The maximum atomic E-state index is 6.82. The van der Waals surface area contributed by atoms with Crippen LogP contribution in [0.25, 0.3) is 110 Å². The van der Waals surface area contributed by atoms with E-state index in [1.807, 2.05) is 0 Å². The molecule has 0 radical (unpaired) electrons. The summed E-state index contributed by atoms with van der Waals surface area (Å²) in [6, 6.07) is 74.3. The van der Waals surface area contributed by atoms with Crippen LogP contribution in [0.2, 0.25) is 0 Å². The Kier molecular flexibility index (Phi) is 6.93. The average molecular weight is 727 g/mol. The summed E-state index contributed by atoms with van der Waals surface area (Å²) in [5.41, 5.74) is 15.7. The molecular weight excluding hydrogens is 693 g/mol. The van der Waals surface area contributed by atoms with Gasteiger partial charge >= 0.3 is 0 Å². The molecule has 0 unspecified atom stereocenters. The number of rotatable bonds is 5. The molecule has 0 atom stereocenters. The highest BCUT2D eigenvalue weighted by Crippen LogP contribution is 2.44. The van der Waals surface area contributed by atoms with E-state index >= 15 is 0 Å². The van der Waals surface area contributed by atoms with Gasteiger partial charge < -0.3 is 13.6 Å². The fourth-order valence-electron chi connectivity index (χ4n) is 9.20. The van der Waals surface area contributed by atoms with Crippen molar-refractivity contribution in [2.75, 3.05) is 0 Å². The fraction of sp³-hybridized carbons (Fsp3) is 0. The summed E-state index contributed by atoms with van der Waals surface area (Å²) >= 11 is 0. The van der Waals surface area contributed by atoms with E-state index in [2.05, 4.69) is 215 Å². The SMILES string of the molecule is c1ccc(-c2ccccc2-n2c3ccccc3c3cc(-c4ccc5c6ccccc6n(-c6ccc(-c7ccccc7)c7c6oc6ccccc67)c5c4)ccc32)cc1. The molecule has 9 aromatic carbocycles. The van der Waals surface area contributed by atoms with Crippen LogP contribution in [-0.4, -0.2) is 9.13 Å². The van der Waals surface area contributed by atoms with Gasteiger partial charge in [0.25, 0.3) is 0 Å². The molecule has 57 heavy (non-hydrogen) atoms. The van der Waals surface area contributed by atoms with Gasteiger partial charge in [0, 0.05) is 37.9 Å². The van der Waals surface area contributed by atoms with E-state index in [-0.39, 0.29) is 0 Å². The highest BCUT2D eigenvalue weighted by Gasteiger charge is 2.22. The Labute approximate surface area is 328 Å². The molecular formula is C54H34N2O. The van der Waals surface area contributed by atoms with Crippen LogP contribution < -0.4 is 0 Å². The van der Waals surface area contributed by atoms with Crippen molar-refractivity contribution >= 4 is 65.6 Å². The number of nitrogens with zero attached hydrogens (tertiary/aromatic N) is 2. The van der Waals surface area contributed by atoms with Crippen molar-refractivity contribution in [3.05, 3.63) is 206 Å². The van der Waals surface area contributed by atoms with E-state index in [0.29, 0.717) is 0 Å². The van der Waals surface area contributed by atoms with Crippen molar-refractivity contribution < 1.29 is 4.42 Å². The number of aromatic nitrogens is 2. The summed E-state index contributed by atoms with van der Waals surface area (Å²) in [6.45, 7) is 0. The van der Waals surface area contributed by atoms with Gasteiger partial charge in [-0.05, 0) is 76.3 Å². The first kappa shape index (κ1) is 31.7. The Morgan fingerprint density at radius 1 is 0.298 bits per heavy atom. The molecule has 0 amide bonds. The molecule has 0 saturated heterocycles. The molecule has 3 heteroatoms. The molecule has 0 spiro atoms. The molecule has 0 aliphatic carbocycles. The highest BCUT2D eigenvalue weighted by molar-refractivity contribution is 6.17. The van der Waals surface area contributed by atoms with Crippen molar-refractivity contribution in [3.63, 3.8) is 0 Å². The second-order valence-corrected chi connectivity index (χ2v) is 14.9. The molecule has 12 rings (SSSR count). The molecule has 3 aromatic heterocycles. The minimum atomic E-state index is 0.885. The predicted octanol–water partition coefficient (Wildman–Crippen LogP) is 14.8. The van der Waals surface area contributed by atoms with E-state index in [4.69, 9.17) is 4.42 Å². The zero-order valence-electron chi connectivity index (χ0n) is 30.9. The van der Waals surface area contributed by atoms with Crippen molar-refractivity contribution in [2.45, 2.75) is 0 Å². The van der Waals surface area contributed by atoms with Gasteiger partial charge in [0.05, 0.1) is 33.4 Å². The van der Waals surface area contributed by atoms with Crippen LogP contribution >= 0.6 is 0 Å². The monoisotopic (exact) mass is 726 g/mol. The number of furan rings is 1. The van der Waals surface area contributed by atoms with Crippen LogP contribution in [0.3, 0.4) is 0 Å². The van der Waals surface area contributed by atoms with Gasteiger partial charge in [0.1, 0.15) is 5.58 Å². The van der Waals surface area contributed by atoms with Gasteiger partial charge in [-0.15, -0.1) is 0 Å². The van der Waals surface area contributed by atoms with Crippen LogP contribution in [0, 0.1) is 0 Å². The molecule has 0 saturated carbocycles. The van der Waals surface area contributed by atoms with Crippen molar-refractivity contribution in [1.82, 2.24) is 9.13 Å². The molecule has 0 bridgehead atoms. The van der Waals surface area contributed by atoms with E-state index in [1.54, 1.807) is 0 Å². The van der Waals surface area contributed by atoms with Gasteiger partial charge in [-0.2, -0.15) is 0 Å². The summed E-state index contributed by atoms with van der Waals surface area (Å²) in [5.74, 6) is 0. The number of hydrogen-bond donors (Lipinski definition) is 0. The Bertz CT molecular complexity index is 3510. The third-order valence-corrected chi connectivity index (χ3v) is 11.7. The predicted molar refractivity (Wildman–Crippen MR) is 239 cm³/mol. The number of hydrogen-bond acceptors (Lipinski definition) is 1. The third-order valence-electron chi connectivity index (χ3n) is 11.7. The lowest BCUT2D eigenvalue weighted by Crippen LogP contribution is -1.97. The average Bonchev–Trinajstić information content (AvgIpc) is 3.94. The molecule has 0 fully saturated rings. The Morgan fingerprint density at radius 3 is 1.61 bits per heavy atom. The van der Waals surface area contributed by atoms with Crippen molar-refractivity contribution in [3.8, 4) is 44.8 Å². The summed E-state index contributed by atoms with van der Waals surface area (Å²) in [7, 11) is 0. The Morgan fingerprint density at radius 2 is 0.842 bits per heavy atom. The van der Waals surface area contributed by atoms with Gasteiger partial charge in [0.15, 0.2) is 5.58 Å². The zero-order chi connectivity index (χ0) is 37.5. The molecule has 0 aliphatic rings. The van der Waals surface area contributed by atoms with Gasteiger partial charge in [-0.3, -0.25) is 0 Å². The standard InChI is InChI=1S/C54H34N2O/c1-3-15-35(16-4-1)39-19-7-11-23-46(39)55-48-25-13-9-21-42(48)45-33-37(28-31-49(45)55)38-27-29-43-41-20-8-12-24-47(41)56(51(43)34-38)50-32-30-40(36-17-5-2-6-18-36)53-44-22-10-14-26-52(44)57-54(50)53/h1-34H. The fourth-order valence-corrected chi connectivity index (χ4v) is 9.20. The number of fused-ring (bicyclic) bond motifs is 9. The summed E-state index contributed by atoms with van der Waals surface area (Å²) in [5, 5.41) is 7.14. The Hall–Kier alpha value is -7.62. The third kappa shape index (κ3) is 4.79. The highest BCUT2D eigenvalue weighted by atomic mass is 16.3. The lowest BCUT2D eigenvalue weighted by atomic mass is 9.98. The largest absolute Gasteiger partial charge is 0.454 e. The normalized spacial score (nSPS) is 11.9. The van der Waals surface area contributed by atoms with Crippen LogP contribution in [0.4, 0.5) is 0 Å². The van der Waals surface area contributed by atoms with Crippen LogP contribution in [-0.2, 0) is 0 Å². The van der Waals surface area contributed by atoms with Crippen LogP contribution in [0.15, 0.2) is 211 Å². The summed E-state index contributed by atoms with van der Waals surface area (Å²) in [6.07, 6.45) is 0. The summed E-state index contributed by atoms with van der Waals surface area (Å²) in [4.78, 5) is 0. The molecule has 0 N–H and O–H groups in total. The lowest BCUT2D eigenvalue weighted by molar-refractivity contribution is 0.666. The number of para-hydroxylation sites is 4. The molecule has 12 aromatic rings. The first-order valence-corrected chi connectivity index (χ1v) is 19.5. The lowest BCUT2D eigenvalue weighted by Gasteiger charge is -2.14. The van der Waals surface area contributed by atoms with E-state index < -0.39 is 0 Å². The minimum Gasteiger partial charge on any atom is -0.454 e. The second-order valence-electron chi connectivity index (χ2n) is 14.9. The quantitative estimate of drug-likeness (QED) is 0.173. The van der Waals surface area contributed by atoms with Gasteiger partial charge in [-0.1, -0.05) is 158 Å².